The summed E-state index contributed by atoms with van der Waals surface area (Å²) in [5.41, 5.74) is 1.17. The minimum absolute atomic E-state index is 0.321. The predicted octanol–water partition coefficient (Wildman–Crippen LogP) is 3.77. The first-order valence-corrected chi connectivity index (χ1v) is 6.41. The van der Waals surface area contributed by atoms with E-state index in [9.17, 15) is 0 Å². The van der Waals surface area contributed by atoms with Crippen LogP contribution in [0.15, 0.2) is 30.3 Å². The number of halogens is 1. The average Bonchev–Trinajstić information content (AvgIpc) is 2.38. The van der Waals surface area contributed by atoms with Crippen molar-refractivity contribution in [2.75, 3.05) is 6.61 Å². The fourth-order valence-corrected chi connectivity index (χ4v) is 1.67. The Hall–Kier alpha value is -1.65. The molecule has 2 aromatic rings. The van der Waals surface area contributed by atoms with E-state index in [-0.39, 0.29) is 0 Å². The Labute approximate surface area is 117 Å². The lowest BCUT2D eigenvalue weighted by Gasteiger charge is -2.07. The van der Waals surface area contributed by atoms with E-state index in [0.29, 0.717) is 35.8 Å². The topological polar surface area (TPSA) is 44.2 Å². The molecule has 0 saturated carbocycles. The van der Waals surface area contributed by atoms with Crippen molar-refractivity contribution in [3.05, 3.63) is 46.9 Å². The number of aryl methyl sites for hydroxylation is 1. The highest BCUT2D eigenvalue weighted by molar-refractivity contribution is 6.29. The van der Waals surface area contributed by atoms with Crippen LogP contribution in [0, 0.1) is 6.92 Å². The third-order valence-corrected chi connectivity index (χ3v) is 2.59. The Morgan fingerprint density at radius 2 is 1.89 bits per heavy atom. The summed E-state index contributed by atoms with van der Waals surface area (Å²) < 4.78 is 10.9. The Kier molecular flexibility index (Phi) is 4.71. The molecule has 4 nitrogen and oxygen atoms in total. The molecular weight excluding hydrogens is 264 g/mol. The van der Waals surface area contributed by atoms with Gasteiger partial charge in [0.25, 0.3) is 0 Å². The zero-order valence-electron chi connectivity index (χ0n) is 10.9. The van der Waals surface area contributed by atoms with Crippen LogP contribution in [0.4, 0.5) is 0 Å². The van der Waals surface area contributed by atoms with Gasteiger partial charge in [0.2, 0.25) is 5.88 Å². The normalized spacial score (nSPS) is 10.5. The zero-order chi connectivity index (χ0) is 13.7. The molecule has 0 radical (unpaired) electrons. The van der Waals surface area contributed by atoms with Gasteiger partial charge in [-0.2, -0.15) is 4.98 Å². The second-order valence-corrected chi connectivity index (χ2v) is 4.38. The first-order valence-electron chi connectivity index (χ1n) is 6.03. The van der Waals surface area contributed by atoms with Crippen LogP contribution >= 0.6 is 11.6 Å². The van der Waals surface area contributed by atoms with E-state index in [4.69, 9.17) is 21.1 Å². The Balaban J connectivity index is 2.15. The van der Waals surface area contributed by atoms with E-state index in [1.54, 1.807) is 6.07 Å². The smallest absolute Gasteiger partial charge is 0.224 e. The summed E-state index contributed by atoms with van der Waals surface area (Å²) in [4.78, 5) is 8.32. The molecule has 5 heteroatoms. The Morgan fingerprint density at radius 1 is 1.16 bits per heavy atom. The summed E-state index contributed by atoms with van der Waals surface area (Å²) >= 11 is 5.93. The van der Waals surface area contributed by atoms with Crippen molar-refractivity contribution < 1.29 is 9.47 Å². The summed E-state index contributed by atoms with van der Waals surface area (Å²) in [6.45, 7) is 4.85. The minimum Gasteiger partial charge on any atom is -0.439 e. The number of hydrogen-bond donors (Lipinski definition) is 0. The highest BCUT2D eigenvalue weighted by atomic mass is 35.5. The summed E-state index contributed by atoms with van der Waals surface area (Å²) in [6, 6.07) is 9.29. The lowest BCUT2D eigenvalue weighted by molar-refractivity contribution is 0.128. The quantitative estimate of drug-likeness (QED) is 0.781. The van der Waals surface area contributed by atoms with Crippen molar-refractivity contribution in [1.29, 1.82) is 0 Å². The molecule has 0 amide bonds. The fraction of sp³-hybridized carbons (Fsp3) is 0.286. The number of nitrogens with zero attached hydrogens (tertiary/aromatic N) is 2. The maximum absolute atomic E-state index is 5.93. The number of benzene rings is 1. The second kappa shape index (κ2) is 6.50. The minimum atomic E-state index is 0.321. The molecule has 0 N–H and O–H groups in total. The van der Waals surface area contributed by atoms with Gasteiger partial charge in [-0.15, -0.1) is 0 Å². The monoisotopic (exact) mass is 278 g/mol. The maximum Gasteiger partial charge on any atom is 0.224 e. The van der Waals surface area contributed by atoms with Gasteiger partial charge < -0.3 is 9.47 Å². The molecule has 2 rings (SSSR count). The SMILES string of the molecule is CCOCc1nc(Cl)cc(Oc2ccc(C)cc2)n1. The van der Waals surface area contributed by atoms with Crippen molar-refractivity contribution in [2.45, 2.75) is 20.5 Å². The third kappa shape index (κ3) is 4.19. The van der Waals surface area contributed by atoms with Crippen molar-refractivity contribution in [2.24, 2.45) is 0 Å². The van der Waals surface area contributed by atoms with Crippen LogP contribution in [0.5, 0.6) is 11.6 Å². The van der Waals surface area contributed by atoms with Crippen LogP contribution in [0.25, 0.3) is 0 Å². The highest BCUT2D eigenvalue weighted by Crippen LogP contribution is 2.22. The van der Waals surface area contributed by atoms with Crippen LogP contribution in [0.3, 0.4) is 0 Å². The number of aromatic nitrogens is 2. The Bertz CT molecular complexity index is 544. The first kappa shape index (κ1) is 13.8. The van der Waals surface area contributed by atoms with Gasteiger partial charge in [0.1, 0.15) is 17.5 Å². The standard InChI is InChI=1S/C14H15ClN2O2/c1-3-18-9-13-16-12(15)8-14(17-13)19-11-6-4-10(2)5-7-11/h4-8H,3,9H2,1-2H3. The molecule has 1 heterocycles. The Morgan fingerprint density at radius 3 is 2.58 bits per heavy atom. The molecule has 1 aromatic carbocycles. The lowest BCUT2D eigenvalue weighted by atomic mass is 10.2. The highest BCUT2D eigenvalue weighted by Gasteiger charge is 2.05. The summed E-state index contributed by atoms with van der Waals surface area (Å²) in [7, 11) is 0. The molecule has 0 bridgehead atoms. The van der Waals surface area contributed by atoms with Crippen molar-refractivity contribution >= 4 is 11.6 Å². The van der Waals surface area contributed by atoms with Crippen LogP contribution in [0.1, 0.15) is 18.3 Å². The largest absolute Gasteiger partial charge is 0.439 e. The van der Waals surface area contributed by atoms with Crippen LogP contribution in [0.2, 0.25) is 5.15 Å². The van der Waals surface area contributed by atoms with Gasteiger partial charge in [-0.3, -0.25) is 0 Å². The number of rotatable bonds is 5. The maximum atomic E-state index is 5.93. The van der Waals surface area contributed by atoms with Gasteiger partial charge in [-0.1, -0.05) is 29.3 Å². The molecule has 0 aliphatic rings. The lowest BCUT2D eigenvalue weighted by Crippen LogP contribution is -2.01. The molecule has 0 fully saturated rings. The van der Waals surface area contributed by atoms with Crippen molar-refractivity contribution in [3.63, 3.8) is 0 Å². The average molecular weight is 279 g/mol. The molecule has 1 aromatic heterocycles. The number of hydrogen-bond acceptors (Lipinski definition) is 4. The van der Waals surface area contributed by atoms with Crippen molar-refractivity contribution in [3.8, 4) is 11.6 Å². The van der Waals surface area contributed by atoms with Crippen LogP contribution < -0.4 is 4.74 Å². The molecule has 0 spiro atoms. The van der Waals surface area contributed by atoms with Gasteiger partial charge in [-0.25, -0.2) is 4.98 Å². The van der Waals surface area contributed by atoms with E-state index >= 15 is 0 Å². The van der Waals surface area contributed by atoms with E-state index in [1.165, 1.54) is 5.56 Å². The number of ether oxygens (including phenoxy) is 2. The van der Waals surface area contributed by atoms with Gasteiger partial charge in [0.15, 0.2) is 5.82 Å². The molecule has 19 heavy (non-hydrogen) atoms. The van der Waals surface area contributed by atoms with E-state index in [1.807, 2.05) is 38.1 Å². The fourth-order valence-electron chi connectivity index (χ4n) is 1.48. The summed E-state index contributed by atoms with van der Waals surface area (Å²) in [6.07, 6.45) is 0. The van der Waals surface area contributed by atoms with Gasteiger partial charge in [-0.05, 0) is 26.0 Å². The summed E-state index contributed by atoms with van der Waals surface area (Å²) in [5, 5.41) is 0.340. The van der Waals surface area contributed by atoms with Crippen molar-refractivity contribution in [1.82, 2.24) is 9.97 Å². The van der Waals surface area contributed by atoms with Gasteiger partial charge >= 0.3 is 0 Å². The predicted molar refractivity (Wildman–Crippen MR) is 73.6 cm³/mol. The molecular formula is C14H15ClN2O2. The molecule has 0 aliphatic heterocycles. The van der Waals surface area contributed by atoms with Gasteiger partial charge in [0.05, 0.1) is 0 Å². The molecule has 100 valence electrons. The van der Waals surface area contributed by atoms with Gasteiger partial charge in [0, 0.05) is 12.7 Å². The second-order valence-electron chi connectivity index (χ2n) is 4.00. The molecule has 0 aliphatic carbocycles. The summed E-state index contributed by atoms with van der Waals surface area (Å²) in [5.74, 6) is 1.64. The third-order valence-electron chi connectivity index (χ3n) is 2.40. The van der Waals surface area contributed by atoms with E-state index in [2.05, 4.69) is 9.97 Å². The molecule has 0 atom stereocenters. The van der Waals surface area contributed by atoms with Crippen LogP contribution in [-0.4, -0.2) is 16.6 Å². The first-order chi connectivity index (χ1) is 9.17. The van der Waals surface area contributed by atoms with Crippen LogP contribution in [-0.2, 0) is 11.3 Å². The molecule has 0 unspecified atom stereocenters. The zero-order valence-corrected chi connectivity index (χ0v) is 11.6. The van der Waals surface area contributed by atoms with E-state index < -0.39 is 0 Å². The van der Waals surface area contributed by atoms with E-state index in [0.717, 1.165) is 0 Å². The molecule has 0 saturated heterocycles.